The lowest BCUT2D eigenvalue weighted by Crippen LogP contribution is -2.51. The highest BCUT2D eigenvalue weighted by Gasteiger charge is 2.37. The van der Waals surface area contributed by atoms with Crippen LogP contribution in [0.1, 0.15) is 33.6 Å². The summed E-state index contributed by atoms with van der Waals surface area (Å²) in [6.45, 7) is 5.03. The van der Waals surface area contributed by atoms with Crippen LogP contribution >= 0.6 is 0 Å². The van der Waals surface area contributed by atoms with Gasteiger partial charge in [0.05, 0.1) is 5.60 Å². The van der Waals surface area contributed by atoms with Crippen LogP contribution in [0.25, 0.3) is 0 Å². The number of alkyl halides is 3. The van der Waals surface area contributed by atoms with Crippen molar-refractivity contribution in [2.45, 2.75) is 51.4 Å². The standard InChI is InChI=1S/C13H23F3N2O2/c1-12(2,3)20-8-11(19)18(9-13(14,15)16)10-4-6-17-7-5-10/h10,17H,4-9H2,1-3H3. The van der Waals surface area contributed by atoms with Crippen LogP contribution in [0.2, 0.25) is 0 Å². The smallest absolute Gasteiger partial charge is 0.366 e. The molecule has 1 fully saturated rings. The van der Waals surface area contributed by atoms with Crippen molar-refractivity contribution in [1.82, 2.24) is 10.2 Å². The molecule has 1 saturated heterocycles. The number of rotatable bonds is 4. The van der Waals surface area contributed by atoms with Crippen LogP contribution < -0.4 is 5.32 Å². The summed E-state index contributed by atoms with van der Waals surface area (Å²) < 4.78 is 43.2. The van der Waals surface area contributed by atoms with Crippen LogP contribution in [0.3, 0.4) is 0 Å². The minimum atomic E-state index is -4.39. The summed E-state index contributed by atoms with van der Waals surface area (Å²) >= 11 is 0. The summed E-state index contributed by atoms with van der Waals surface area (Å²) in [5, 5.41) is 3.08. The number of nitrogens with one attached hydrogen (secondary N) is 1. The molecular formula is C13H23F3N2O2. The van der Waals surface area contributed by atoms with E-state index in [-0.39, 0.29) is 12.6 Å². The quantitative estimate of drug-likeness (QED) is 0.862. The highest BCUT2D eigenvalue weighted by Crippen LogP contribution is 2.22. The van der Waals surface area contributed by atoms with Gasteiger partial charge in [-0.3, -0.25) is 4.79 Å². The van der Waals surface area contributed by atoms with Gasteiger partial charge in [0.2, 0.25) is 5.91 Å². The maximum Gasteiger partial charge on any atom is 0.406 e. The van der Waals surface area contributed by atoms with Crippen molar-refractivity contribution in [3.05, 3.63) is 0 Å². The van der Waals surface area contributed by atoms with E-state index >= 15 is 0 Å². The van der Waals surface area contributed by atoms with Crippen LogP contribution in [0.15, 0.2) is 0 Å². The van der Waals surface area contributed by atoms with Crippen LogP contribution in [-0.2, 0) is 9.53 Å². The van der Waals surface area contributed by atoms with E-state index in [1.807, 2.05) is 0 Å². The van der Waals surface area contributed by atoms with Crippen molar-refractivity contribution in [2.75, 3.05) is 26.2 Å². The van der Waals surface area contributed by atoms with Crippen molar-refractivity contribution in [3.8, 4) is 0 Å². The average Bonchev–Trinajstić information content (AvgIpc) is 2.32. The zero-order valence-corrected chi connectivity index (χ0v) is 12.2. The molecule has 1 aliphatic heterocycles. The minimum Gasteiger partial charge on any atom is -0.366 e. The maximum atomic E-state index is 12.6. The summed E-state index contributed by atoms with van der Waals surface area (Å²) in [6, 6.07) is -0.367. The van der Waals surface area contributed by atoms with Gasteiger partial charge >= 0.3 is 6.18 Å². The number of piperidine rings is 1. The summed E-state index contributed by atoms with van der Waals surface area (Å²) in [5.41, 5.74) is -0.548. The molecule has 0 bridgehead atoms. The molecule has 1 amide bonds. The van der Waals surface area contributed by atoms with Crippen LogP contribution in [0, 0.1) is 0 Å². The first kappa shape index (κ1) is 17.2. The fourth-order valence-corrected chi connectivity index (χ4v) is 2.09. The Morgan fingerprint density at radius 3 is 2.25 bits per heavy atom. The number of carbonyl (C=O) groups is 1. The Kier molecular flexibility index (Phi) is 5.82. The lowest BCUT2D eigenvalue weighted by atomic mass is 10.0. The van der Waals surface area contributed by atoms with Crippen LogP contribution in [0.5, 0.6) is 0 Å². The van der Waals surface area contributed by atoms with E-state index < -0.39 is 24.2 Å². The number of hydrogen-bond acceptors (Lipinski definition) is 3. The number of amides is 1. The third-order valence-corrected chi connectivity index (χ3v) is 3.05. The molecule has 118 valence electrons. The lowest BCUT2D eigenvalue weighted by Gasteiger charge is -2.35. The molecule has 0 aromatic rings. The van der Waals surface area contributed by atoms with Gasteiger partial charge in [-0.2, -0.15) is 13.2 Å². The van der Waals surface area contributed by atoms with Crippen molar-refractivity contribution in [1.29, 1.82) is 0 Å². The highest BCUT2D eigenvalue weighted by molar-refractivity contribution is 5.78. The molecule has 20 heavy (non-hydrogen) atoms. The third kappa shape index (κ3) is 6.56. The van der Waals surface area contributed by atoms with Crippen molar-refractivity contribution >= 4 is 5.91 Å². The zero-order valence-electron chi connectivity index (χ0n) is 12.2. The normalized spacial score (nSPS) is 18.1. The molecule has 0 saturated carbocycles. The Bertz CT molecular complexity index is 321. The van der Waals surface area contributed by atoms with E-state index in [0.29, 0.717) is 25.9 Å². The zero-order chi connectivity index (χ0) is 15.4. The van der Waals surface area contributed by atoms with E-state index in [0.717, 1.165) is 4.90 Å². The monoisotopic (exact) mass is 296 g/mol. The second-order valence-corrected chi connectivity index (χ2v) is 6.02. The molecule has 1 rings (SSSR count). The molecule has 0 unspecified atom stereocenters. The Hall–Kier alpha value is -0.820. The van der Waals surface area contributed by atoms with Crippen LogP contribution in [0.4, 0.5) is 13.2 Å². The highest BCUT2D eigenvalue weighted by atomic mass is 19.4. The van der Waals surface area contributed by atoms with E-state index in [1.165, 1.54) is 0 Å². The fraction of sp³-hybridized carbons (Fsp3) is 0.923. The van der Waals surface area contributed by atoms with Gasteiger partial charge in [-0.05, 0) is 46.7 Å². The van der Waals surface area contributed by atoms with Crippen molar-refractivity contribution in [2.24, 2.45) is 0 Å². The summed E-state index contributed by atoms with van der Waals surface area (Å²) in [6.07, 6.45) is -3.31. The van der Waals surface area contributed by atoms with Crippen LogP contribution in [-0.4, -0.2) is 54.9 Å². The minimum absolute atomic E-state index is 0.316. The van der Waals surface area contributed by atoms with E-state index in [4.69, 9.17) is 4.74 Å². The molecule has 1 N–H and O–H groups in total. The summed E-state index contributed by atoms with van der Waals surface area (Å²) in [7, 11) is 0. The average molecular weight is 296 g/mol. The third-order valence-electron chi connectivity index (χ3n) is 3.05. The Labute approximate surface area is 117 Å². The summed E-state index contributed by atoms with van der Waals surface area (Å²) in [5.74, 6) is -0.593. The Balaban J connectivity index is 2.67. The van der Waals surface area contributed by atoms with E-state index in [1.54, 1.807) is 20.8 Å². The van der Waals surface area contributed by atoms with Gasteiger partial charge in [0, 0.05) is 6.04 Å². The number of ether oxygens (including phenoxy) is 1. The molecule has 0 aromatic carbocycles. The van der Waals surface area contributed by atoms with Gasteiger partial charge in [0.1, 0.15) is 13.2 Å². The second-order valence-electron chi connectivity index (χ2n) is 6.02. The van der Waals surface area contributed by atoms with Gasteiger partial charge in [-0.25, -0.2) is 0 Å². The number of hydrogen-bond donors (Lipinski definition) is 1. The van der Waals surface area contributed by atoms with Gasteiger partial charge in [-0.15, -0.1) is 0 Å². The predicted octanol–water partition coefficient (Wildman–Crippen LogP) is 1.94. The summed E-state index contributed by atoms with van der Waals surface area (Å²) in [4.78, 5) is 13.0. The Morgan fingerprint density at radius 1 is 1.25 bits per heavy atom. The Morgan fingerprint density at radius 2 is 1.80 bits per heavy atom. The topological polar surface area (TPSA) is 41.6 Å². The SMILES string of the molecule is CC(C)(C)OCC(=O)N(CC(F)(F)F)C1CCNCC1. The maximum absolute atomic E-state index is 12.6. The number of halogens is 3. The first-order valence-corrected chi connectivity index (χ1v) is 6.79. The molecule has 0 atom stereocenters. The molecule has 7 heteroatoms. The molecule has 4 nitrogen and oxygen atoms in total. The van der Waals surface area contributed by atoms with E-state index in [9.17, 15) is 18.0 Å². The van der Waals surface area contributed by atoms with Gasteiger partial charge < -0.3 is 15.0 Å². The molecule has 0 aromatic heterocycles. The van der Waals surface area contributed by atoms with Crippen molar-refractivity contribution < 1.29 is 22.7 Å². The molecule has 0 spiro atoms. The largest absolute Gasteiger partial charge is 0.406 e. The van der Waals surface area contributed by atoms with E-state index in [2.05, 4.69) is 5.32 Å². The molecular weight excluding hydrogens is 273 g/mol. The fourth-order valence-electron chi connectivity index (χ4n) is 2.09. The van der Waals surface area contributed by atoms with Gasteiger partial charge in [0.15, 0.2) is 0 Å². The lowest BCUT2D eigenvalue weighted by molar-refractivity contribution is -0.171. The van der Waals surface area contributed by atoms with Gasteiger partial charge in [-0.1, -0.05) is 0 Å². The second kappa shape index (κ2) is 6.76. The number of nitrogens with zero attached hydrogens (tertiary/aromatic N) is 1. The predicted molar refractivity (Wildman–Crippen MR) is 69.4 cm³/mol. The molecule has 0 radical (unpaired) electrons. The van der Waals surface area contributed by atoms with Gasteiger partial charge in [0.25, 0.3) is 0 Å². The first-order valence-electron chi connectivity index (χ1n) is 6.79. The first-order chi connectivity index (χ1) is 9.08. The van der Waals surface area contributed by atoms with Crippen molar-refractivity contribution in [3.63, 3.8) is 0 Å². The number of carbonyl (C=O) groups excluding carboxylic acids is 1. The molecule has 1 heterocycles. The molecule has 1 aliphatic rings. The molecule has 0 aliphatic carbocycles.